The molecule has 1 atom stereocenters. The first-order chi connectivity index (χ1) is 36.0. The Balaban J connectivity index is 4.47. The zero-order valence-electron chi connectivity index (χ0n) is 48.1. The third-order valence-electron chi connectivity index (χ3n) is 13.4. The van der Waals surface area contributed by atoms with Crippen LogP contribution in [0.4, 0.5) is 0 Å². The fourth-order valence-corrected chi connectivity index (χ4v) is 8.76. The van der Waals surface area contributed by atoms with Gasteiger partial charge in [0.2, 0.25) is 0 Å². The van der Waals surface area contributed by atoms with E-state index in [4.69, 9.17) is 14.2 Å². The van der Waals surface area contributed by atoms with Gasteiger partial charge in [-0.05, 0) is 83.5 Å². The summed E-state index contributed by atoms with van der Waals surface area (Å²) in [5.41, 5.74) is 0. The molecule has 0 saturated carbocycles. The van der Waals surface area contributed by atoms with Crippen LogP contribution in [0.2, 0.25) is 0 Å². The molecule has 0 heterocycles. The van der Waals surface area contributed by atoms with Crippen LogP contribution in [0.25, 0.3) is 0 Å². The Labute approximate surface area is 452 Å². The van der Waals surface area contributed by atoms with Gasteiger partial charge in [0, 0.05) is 19.3 Å². The number of esters is 3. The van der Waals surface area contributed by atoms with Gasteiger partial charge in [-0.25, -0.2) is 0 Å². The second kappa shape index (κ2) is 61.1. The Morgan fingerprint density at radius 1 is 0.288 bits per heavy atom. The Kier molecular flexibility index (Phi) is 58.3. The maximum atomic E-state index is 12.9. The molecule has 0 aliphatic heterocycles. The molecule has 0 saturated heterocycles. The number of hydrogen-bond donors (Lipinski definition) is 0. The summed E-state index contributed by atoms with van der Waals surface area (Å²) in [6.45, 7) is 6.49. The van der Waals surface area contributed by atoms with Crippen molar-refractivity contribution in [3.63, 3.8) is 0 Å². The first-order valence-electron chi connectivity index (χ1n) is 31.1. The van der Waals surface area contributed by atoms with Crippen molar-refractivity contribution in [2.45, 2.75) is 309 Å². The van der Waals surface area contributed by atoms with Crippen molar-refractivity contribution in [3.05, 3.63) is 85.1 Å². The van der Waals surface area contributed by atoms with Gasteiger partial charge in [-0.3, -0.25) is 14.4 Å². The van der Waals surface area contributed by atoms with Crippen molar-refractivity contribution < 1.29 is 28.6 Å². The highest BCUT2D eigenvalue weighted by atomic mass is 16.6. The molecule has 6 heteroatoms. The van der Waals surface area contributed by atoms with Gasteiger partial charge in [-0.15, -0.1) is 0 Å². The lowest BCUT2D eigenvalue weighted by Crippen LogP contribution is -2.30. The molecular formula is C67H116O6. The Morgan fingerprint density at radius 3 is 0.918 bits per heavy atom. The normalized spacial score (nSPS) is 12.6. The molecule has 0 bridgehead atoms. The van der Waals surface area contributed by atoms with Crippen molar-refractivity contribution in [1.29, 1.82) is 0 Å². The molecule has 0 aromatic carbocycles. The van der Waals surface area contributed by atoms with E-state index in [0.29, 0.717) is 19.3 Å². The van der Waals surface area contributed by atoms with E-state index in [-0.39, 0.29) is 37.5 Å². The average molecular weight is 1020 g/mol. The topological polar surface area (TPSA) is 78.9 Å². The highest BCUT2D eigenvalue weighted by Gasteiger charge is 2.19. The smallest absolute Gasteiger partial charge is 0.306 e. The van der Waals surface area contributed by atoms with Gasteiger partial charge in [-0.1, -0.05) is 286 Å². The van der Waals surface area contributed by atoms with E-state index in [9.17, 15) is 14.4 Å². The third kappa shape index (κ3) is 59.3. The van der Waals surface area contributed by atoms with Gasteiger partial charge in [0.05, 0.1) is 0 Å². The number of hydrogen-bond acceptors (Lipinski definition) is 6. The minimum atomic E-state index is -0.809. The van der Waals surface area contributed by atoms with E-state index in [2.05, 4.69) is 99.8 Å². The van der Waals surface area contributed by atoms with E-state index in [1.54, 1.807) is 0 Å². The molecule has 6 nitrogen and oxygen atoms in total. The van der Waals surface area contributed by atoms with Gasteiger partial charge in [-0.2, -0.15) is 0 Å². The molecule has 0 spiro atoms. The predicted octanol–water partition coefficient (Wildman–Crippen LogP) is 21.1. The molecule has 0 aliphatic rings. The van der Waals surface area contributed by atoms with Gasteiger partial charge >= 0.3 is 17.9 Å². The van der Waals surface area contributed by atoms with Gasteiger partial charge in [0.25, 0.3) is 0 Å². The quantitative estimate of drug-likeness (QED) is 0.0261. The van der Waals surface area contributed by atoms with Gasteiger partial charge in [0.1, 0.15) is 13.2 Å². The number of carbonyl (C=O) groups is 3. The largest absolute Gasteiger partial charge is 0.462 e. The minimum absolute atomic E-state index is 0.0989. The molecule has 420 valence electrons. The van der Waals surface area contributed by atoms with Crippen LogP contribution in [0.3, 0.4) is 0 Å². The Bertz CT molecular complexity index is 1400. The minimum Gasteiger partial charge on any atom is -0.462 e. The van der Waals surface area contributed by atoms with E-state index in [1.807, 2.05) is 6.08 Å². The maximum absolute atomic E-state index is 12.9. The molecule has 73 heavy (non-hydrogen) atoms. The van der Waals surface area contributed by atoms with Crippen LogP contribution < -0.4 is 0 Å². The molecule has 0 aromatic rings. The van der Waals surface area contributed by atoms with Crippen LogP contribution >= 0.6 is 0 Å². The van der Waals surface area contributed by atoms with Crippen molar-refractivity contribution in [1.82, 2.24) is 0 Å². The molecule has 0 aliphatic carbocycles. The highest BCUT2D eigenvalue weighted by molar-refractivity contribution is 5.71. The molecule has 0 fully saturated rings. The van der Waals surface area contributed by atoms with Crippen LogP contribution in [0.15, 0.2) is 85.1 Å². The maximum Gasteiger partial charge on any atom is 0.306 e. The highest BCUT2D eigenvalue weighted by Crippen LogP contribution is 2.16. The lowest BCUT2D eigenvalue weighted by Gasteiger charge is -2.18. The Morgan fingerprint density at radius 2 is 0.562 bits per heavy atom. The molecule has 0 radical (unpaired) electrons. The molecule has 0 rings (SSSR count). The molecular weight excluding hydrogens is 901 g/mol. The summed E-state index contributed by atoms with van der Waals surface area (Å²) in [6, 6.07) is 0. The lowest BCUT2D eigenvalue weighted by molar-refractivity contribution is -0.166. The Hall–Kier alpha value is -3.41. The SMILES string of the molecule is CC/C=C\C/C=C\C/C=C\C/C=C\C/C=C\C/C=C\CCC(=O)OCC(COC(=O)CCCCCCCCCCCCCCCCCCC)OC(=O)CCCCCCCCC/C=C\CCCCCCCCCC. The third-order valence-corrected chi connectivity index (χ3v) is 13.4. The second-order valence-corrected chi connectivity index (χ2v) is 20.6. The first-order valence-corrected chi connectivity index (χ1v) is 31.1. The van der Waals surface area contributed by atoms with Crippen molar-refractivity contribution in [2.24, 2.45) is 0 Å². The summed E-state index contributed by atoms with van der Waals surface area (Å²) in [5, 5.41) is 0. The fourth-order valence-electron chi connectivity index (χ4n) is 8.76. The molecule has 0 amide bonds. The van der Waals surface area contributed by atoms with Gasteiger partial charge < -0.3 is 14.2 Å². The van der Waals surface area contributed by atoms with Gasteiger partial charge in [0.15, 0.2) is 6.10 Å². The van der Waals surface area contributed by atoms with Crippen LogP contribution in [0, 0.1) is 0 Å². The number of allylic oxidation sites excluding steroid dienone is 14. The van der Waals surface area contributed by atoms with E-state index >= 15 is 0 Å². The fraction of sp³-hybridized carbons (Fsp3) is 0.746. The molecule has 0 aromatic heterocycles. The number of rotatable bonds is 56. The summed E-state index contributed by atoms with van der Waals surface area (Å²) in [7, 11) is 0. The van der Waals surface area contributed by atoms with Crippen LogP contribution in [-0.2, 0) is 28.6 Å². The number of carbonyl (C=O) groups excluding carboxylic acids is 3. The van der Waals surface area contributed by atoms with Crippen molar-refractivity contribution in [2.75, 3.05) is 13.2 Å². The van der Waals surface area contributed by atoms with Crippen LogP contribution in [0.1, 0.15) is 303 Å². The summed E-state index contributed by atoms with van der Waals surface area (Å²) in [5.74, 6) is -0.979. The van der Waals surface area contributed by atoms with Crippen molar-refractivity contribution in [3.8, 4) is 0 Å². The van der Waals surface area contributed by atoms with E-state index < -0.39 is 6.10 Å². The standard InChI is InChI=1S/C67H116O6/c1-4-7-10-13-16-19-22-25-28-31-33-36-39-42-45-48-51-54-57-60-66(69)72-63-64(62-71-65(68)59-56-53-50-47-44-41-38-35-30-27-24-21-18-15-12-9-6-3)73-67(70)61-58-55-52-49-46-43-40-37-34-32-29-26-23-20-17-14-11-8-5-2/h7,10,16,19,25,28,32-34,36,42,45,51,54,64H,4-6,8-9,11-15,17-18,20-24,26-27,29-31,35,37-41,43-44,46-50,52-53,55-63H2,1-3H3/b10-7-,19-16-,28-25-,34-32-,36-33-,45-42-,54-51-. The van der Waals surface area contributed by atoms with Crippen molar-refractivity contribution >= 4 is 17.9 Å². The number of ether oxygens (including phenoxy) is 3. The molecule has 0 N–H and O–H groups in total. The summed E-state index contributed by atoms with van der Waals surface area (Å²) >= 11 is 0. The summed E-state index contributed by atoms with van der Waals surface area (Å²) in [6.07, 6.45) is 80.2. The predicted molar refractivity (Wildman–Crippen MR) is 316 cm³/mol. The first kappa shape index (κ1) is 69.6. The second-order valence-electron chi connectivity index (χ2n) is 20.6. The monoisotopic (exact) mass is 1020 g/mol. The number of unbranched alkanes of at least 4 members (excludes halogenated alkanes) is 31. The van der Waals surface area contributed by atoms with E-state index in [0.717, 1.165) is 77.0 Å². The van der Waals surface area contributed by atoms with Crippen LogP contribution in [-0.4, -0.2) is 37.2 Å². The average Bonchev–Trinajstić information content (AvgIpc) is 3.39. The summed E-state index contributed by atoms with van der Waals surface area (Å²) in [4.78, 5) is 38.3. The van der Waals surface area contributed by atoms with E-state index in [1.165, 1.54) is 180 Å². The zero-order valence-corrected chi connectivity index (χ0v) is 48.1. The molecule has 1 unspecified atom stereocenters. The lowest BCUT2D eigenvalue weighted by atomic mass is 10.0. The van der Waals surface area contributed by atoms with Crippen LogP contribution in [0.5, 0.6) is 0 Å². The summed E-state index contributed by atoms with van der Waals surface area (Å²) < 4.78 is 16.9. The zero-order chi connectivity index (χ0) is 52.9.